The summed E-state index contributed by atoms with van der Waals surface area (Å²) in [5, 5.41) is 0.727. The molecule has 3 rings (SSSR count). The van der Waals surface area contributed by atoms with Gasteiger partial charge in [-0.1, -0.05) is 29.8 Å². The Bertz CT molecular complexity index is 825. The van der Waals surface area contributed by atoms with E-state index in [0.717, 1.165) is 28.3 Å². The summed E-state index contributed by atoms with van der Waals surface area (Å²) < 4.78 is 10.8. The second kappa shape index (κ2) is 8.63. The van der Waals surface area contributed by atoms with Gasteiger partial charge in [-0.15, -0.1) is 0 Å². The maximum absolute atomic E-state index is 12.8. The van der Waals surface area contributed by atoms with Crippen molar-refractivity contribution in [1.82, 2.24) is 9.80 Å². The summed E-state index contributed by atoms with van der Waals surface area (Å²) in [5.41, 5.74) is 3.34. The molecule has 1 amide bonds. The number of hydrogen-bond donors (Lipinski definition) is 0. The van der Waals surface area contributed by atoms with Crippen LogP contribution in [0, 0.1) is 0 Å². The fourth-order valence-electron chi connectivity index (χ4n) is 3.40. The first kappa shape index (κ1) is 19.5. The third-order valence-corrected chi connectivity index (χ3v) is 5.24. The molecule has 0 bridgehead atoms. The Morgan fingerprint density at radius 2 is 1.81 bits per heavy atom. The normalized spacial score (nSPS) is 13.4. The van der Waals surface area contributed by atoms with Gasteiger partial charge in [-0.3, -0.25) is 9.69 Å². The van der Waals surface area contributed by atoms with Crippen LogP contribution in [-0.4, -0.2) is 50.1 Å². The van der Waals surface area contributed by atoms with Crippen molar-refractivity contribution >= 4 is 17.5 Å². The lowest BCUT2D eigenvalue weighted by Gasteiger charge is -2.31. The molecule has 0 aliphatic carbocycles. The molecule has 0 fully saturated rings. The molecule has 0 atom stereocenters. The highest BCUT2D eigenvalue weighted by atomic mass is 35.5. The SMILES string of the molecule is COc1cc2c(cc1OC)CN(C(=O)CN(C)Cc1ccccc1Cl)CC2. The highest BCUT2D eigenvalue weighted by Crippen LogP contribution is 2.33. The van der Waals surface area contributed by atoms with Crippen LogP contribution in [0.3, 0.4) is 0 Å². The minimum Gasteiger partial charge on any atom is -0.493 e. The maximum atomic E-state index is 12.8. The molecule has 1 heterocycles. The number of carbonyl (C=O) groups is 1. The van der Waals surface area contributed by atoms with Gasteiger partial charge in [0, 0.05) is 24.7 Å². The third-order valence-electron chi connectivity index (χ3n) is 4.87. The molecule has 5 nitrogen and oxygen atoms in total. The lowest BCUT2D eigenvalue weighted by atomic mass is 9.98. The standard InChI is InChI=1S/C21H25ClN2O3/c1-23(12-16-6-4-5-7-18(16)22)14-21(25)24-9-8-15-10-19(26-2)20(27-3)11-17(15)13-24/h4-7,10-11H,8-9,12-14H2,1-3H3. The number of fused-ring (bicyclic) bond motifs is 1. The largest absolute Gasteiger partial charge is 0.493 e. The smallest absolute Gasteiger partial charge is 0.237 e. The Morgan fingerprint density at radius 3 is 2.48 bits per heavy atom. The molecular weight excluding hydrogens is 364 g/mol. The number of hydrogen-bond acceptors (Lipinski definition) is 4. The van der Waals surface area contributed by atoms with E-state index in [1.54, 1.807) is 14.2 Å². The van der Waals surface area contributed by atoms with Gasteiger partial charge in [0.1, 0.15) is 0 Å². The van der Waals surface area contributed by atoms with Crippen molar-refractivity contribution in [3.8, 4) is 11.5 Å². The van der Waals surface area contributed by atoms with Crippen molar-refractivity contribution in [1.29, 1.82) is 0 Å². The zero-order valence-electron chi connectivity index (χ0n) is 16.0. The van der Waals surface area contributed by atoms with Crippen molar-refractivity contribution in [2.75, 3.05) is 34.4 Å². The molecule has 6 heteroatoms. The molecule has 0 aromatic heterocycles. The van der Waals surface area contributed by atoms with Crippen LogP contribution in [0.1, 0.15) is 16.7 Å². The lowest BCUT2D eigenvalue weighted by Crippen LogP contribution is -2.41. The van der Waals surface area contributed by atoms with E-state index in [9.17, 15) is 4.79 Å². The van der Waals surface area contributed by atoms with Crippen LogP contribution in [0.25, 0.3) is 0 Å². The average molecular weight is 389 g/mol. The molecule has 0 saturated heterocycles. The molecule has 144 valence electrons. The summed E-state index contributed by atoms with van der Waals surface area (Å²) in [6, 6.07) is 11.7. The summed E-state index contributed by atoms with van der Waals surface area (Å²) in [5.74, 6) is 1.54. The van der Waals surface area contributed by atoms with Gasteiger partial charge in [0.05, 0.1) is 20.8 Å². The number of carbonyl (C=O) groups excluding carboxylic acids is 1. The van der Waals surface area contributed by atoms with Crippen molar-refractivity contribution in [2.45, 2.75) is 19.5 Å². The molecular formula is C21H25ClN2O3. The summed E-state index contributed by atoms with van der Waals surface area (Å²) in [6.07, 6.45) is 0.815. The number of benzene rings is 2. The molecule has 0 spiro atoms. The van der Waals surface area contributed by atoms with E-state index in [2.05, 4.69) is 0 Å². The first-order valence-electron chi connectivity index (χ1n) is 8.95. The number of rotatable bonds is 6. The van der Waals surface area contributed by atoms with Crippen LogP contribution >= 0.6 is 11.6 Å². The van der Waals surface area contributed by atoms with Gasteiger partial charge in [-0.2, -0.15) is 0 Å². The zero-order valence-corrected chi connectivity index (χ0v) is 16.8. The van der Waals surface area contributed by atoms with Gasteiger partial charge in [-0.05, 0) is 48.4 Å². The van der Waals surface area contributed by atoms with E-state index in [-0.39, 0.29) is 5.91 Å². The predicted molar refractivity (Wildman–Crippen MR) is 106 cm³/mol. The minimum absolute atomic E-state index is 0.116. The van der Waals surface area contributed by atoms with Crippen LogP contribution in [0.15, 0.2) is 36.4 Å². The van der Waals surface area contributed by atoms with E-state index in [4.69, 9.17) is 21.1 Å². The topological polar surface area (TPSA) is 42.0 Å². The number of halogens is 1. The van der Waals surface area contributed by atoms with Gasteiger partial charge >= 0.3 is 0 Å². The Balaban J connectivity index is 1.64. The van der Waals surface area contributed by atoms with Crippen LogP contribution < -0.4 is 9.47 Å². The van der Waals surface area contributed by atoms with Gasteiger partial charge in [0.25, 0.3) is 0 Å². The number of methoxy groups -OCH3 is 2. The predicted octanol–water partition coefficient (Wildman–Crippen LogP) is 3.37. The number of nitrogens with zero attached hydrogens (tertiary/aromatic N) is 2. The van der Waals surface area contributed by atoms with Gasteiger partial charge < -0.3 is 14.4 Å². The molecule has 0 radical (unpaired) electrons. The molecule has 27 heavy (non-hydrogen) atoms. The van der Waals surface area contributed by atoms with Crippen LogP contribution in [-0.2, 0) is 24.3 Å². The lowest BCUT2D eigenvalue weighted by molar-refractivity contribution is -0.133. The van der Waals surface area contributed by atoms with Crippen molar-refractivity contribution in [2.24, 2.45) is 0 Å². The van der Waals surface area contributed by atoms with E-state index in [1.165, 1.54) is 5.56 Å². The number of amides is 1. The monoisotopic (exact) mass is 388 g/mol. The first-order chi connectivity index (χ1) is 13.0. The Morgan fingerprint density at radius 1 is 1.15 bits per heavy atom. The number of likely N-dealkylation sites (N-methyl/N-ethyl adjacent to an activating group) is 1. The van der Waals surface area contributed by atoms with Crippen LogP contribution in [0.4, 0.5) is 0 Å². The maximum Gasteiger partial charge on any atom is 0.237 e. The fourth-order valence-corrected chi connectivity index (χ4v) is 3.60. The van der Waals surface area contributed by atoms with Crippen molar-refractivity contribution in [3.63, 3.8) is 0 Å². The van der Waals surface area contributed by atoms with Crippen molar-refractivity contribution in [3.05, 3.63) is 58.1 Å². The van der Waals surface area contributed by atoms with E-state index in [0.29, 0.717) is 31.9 Å². The fraction of sp³-hybridized carbons (Fsp3) is 0.381. The Hall–Kier alpha value is -2.24. The molecule has 0 unspecified atom stereocenters. The molecule has 2 aromatic rings. The molecule has 1 aliphatic heterocycles. The molecule has 0 N–H and O–H groups in total. The highest BCUT2D eigenvalue weighted by molar-refractivity contribution is 6.31. The van der Waals surface area contributed by atoms with E-state index >= 15 is 0 Å². The summed E-state index contributed by atoms with van der Waals surface area (Å²) in [6.45, 7) is 2.30. The molecule has 0 saturated carbocycles. The summed E-state index contributed by atoms with van der Waals surface area (Å²) >= 11 is 6.22. The minimum atomic E-state index is 0.116. The van der Waals surface area contributed by atoms with Crippen LogP contribution in [0.5, 0.6) is 11.5 Å². The summed E-state index contributed by atoms with van der Waals surface area (Å²) in [7, 11) is 5.20. The van der Waals surface area contributed by atoms with Gasteiger partial charge in [0.2, 0.25) is 5.91 Å². The van der Waals surface area contributed by atoms with Crippen molar-refractivity contribution < 1.29 is 14.3 Å². The zero-order chi connectivity index (χ0) is 19.4. The quantitative estimate of drug-likeness (QED) is 0.760. The highest BCUT2D eigenvalue weighted by Gasteiger charge is 2.23. The van der Waals surface area contributed by atoms with Gasteiger partial charge in [0.15, 0.2) is 11.5 Å². The Labute approximate surface area is 165 Å². The number of ether oxygens (including phenoxy) is 2. The van der Waals surface area contributed by atoms with Gasteiger partial charge in [-0.25, -0.2) is 0 Å². The Kier molecular flexibility index (Phi) is 6.24. The molecule has 2 aromatic carbocycles. The second-order valence-electron chi connectivity index (χ2n) is 6.80. The third kappa shape index (κ3) is 4.54. The average Bonchev–Trinajstić information content (AvgIpc) is 2.68. The van der Waals surface area contributed by atoms with E-state index in [1.807, 2.05) is 53.2 Å². The van der Waals surface area contributed by atoms with Crippen LogP contribution in [0.2, 0.25) is 5.02 Å². The first-order valence-corrected chi connectivity index (χ1v) is 9.33. The van der Waals surface area contributed by atoms with E-state index < -0.39 is 0 Å². The second-order valence-corrected chi connectivity index (χ2v) is 7.21. The molecule has 1 aliphatic rings. The summed E-state index contributed by atoms with van der Waals surface area (Å²) in [4.78, 5) is 16.7.